The molecule has 0 spiro atoms. The van der Waals surface area contributed by atoms with E-state index in [0.717, 1.165) is 29.7 Å². The first-order chi connectivity index (χ1) is 13.9. The Morgan fingerprint density at radius 2 is 1.76 bits per heavy atom. The molecule has 1 aliphatic heterocycles. The lowest BCUT2D eigenvalue weighted by molar-refractivity contribution is -0.129. The number of carbonyl (C=O) groups excluding carboxylic acids is 1. The minimum Gasteiger partial charge on any atom is -0.339 e. The second-order valence-electron chi connectivity index (χ2n) is 7.67. The van der Waals surface area contributed by atoms with Gasteiger partial charge in [-0.2, -0.15) is 4.31 Å². The quantitative estimate of drug-likeness (QED) is 0.684. The van der Waals surface area contributed by atoms with Gasteiger partial charge in [0.1, 0.15) is 0 Å². The smallest absolute Gasteiger partial charge is 0.243 e. The third kappa shape index (κ3) is 4.52. The normalized spacial score (nSPS) is 17.3. The number of sulfonamides is 1. The molecule has 29 heavy (non-hydrogen) atoms. The summed E-state index contributed by atoms with van der Waals surface area (Å²) in [5, 5.41) is 0. The zero-order chi connectivity index (χ0) is 20.4. The van der Waals surface area contributed by atoms with E-state index in [1.54, 1.807) is 11.0 Å². The third-order valence-corrected chi connectivity index (χ3v) is 8.52. The van der Waals surface area contributed by atoms with E-state index in [9.17, 15) is 13.2 Å². The topological polar surface area (TPSA) is 57.7 Å². The number of piperazine rings is 1. The van der Waals surface area contributed by atoms with Gasteiger partial charge in [0.15, 0.2) is 0 Å². The third-order valence-electron chi connectivity index (χ3n) is 5.65. The fourth-order valence-corrected chi connectivity index (χ4v) is 6.37. The summed E-state index contributed by atoms with van der Waals surface area (Å²) in [5.41, 5.74) is 3.60. The molecule has 0 atom stereocenters. The molecule has 154 valence electrons. The average Bonchev–Trinajstić information content (AvgIpc) is 3.20. The number of aryl methyl sites for hydroxylation is 3. The Morgan fingerprint density at radius 3 is 2.52 bits per heavy atom. The van der Waals surface area contributed by atoms with E-state index in [0.29, 0.717) is 36.8 Å². The number of rotatable bonds is 5. The molecule has 0 aromatic heterocycles. The van der Waals surface area contributed by atoms with Gasteiger partial charge in [0.2, 0.25) is 15.9 Å². The summed E-state index contributed by atoms with van der Waals surface area (Å²) in [6, 6.07) is 13.6. The number of nitrogens with zero attached hydrogens (tertiary/aromatic N) is 2. The van der Waals surface area contributed by atoms with Crippen molar-refractivity contribution in [3.8, 4) is 0 Å². The molecule has 1 aliphatic carbocycles. The van der Waals surface area contributed by atoms with Gasteiger partial charge in [-0.1, -0.05) is 23.8 Å². The second-order valence-corrected chi connectivity index (χ2v) is 10.7. The van der Waals surface area contributed by atoms with Crippen LogP contribution in [0.5, 0.6) is 0 Å². The van der Waals surface area contributed by atoms with Crippen molar-refractivity contribution in [3.05, 3.63) is 59.2 Å². The van der Waals surface area contributed by atoms with Gasteiger partial charge in [0, 0.05) is 31.1 Å². The van der Waals surface area contributed by atoms with Crippen molar-refractivity contribution >= 4 is 27.7 Å². The zero-order valence-electron chi connectivity index (χ0n) is 16.6. The molecule has 1 heterocycles. The summed E-state index contributed by atoms with van der Waals surface area (Å²) >= 11 is 1.53. The number of hydrogen-bond acceptors (Lipinski definition) is 4. The highest BCUT2D eigenvalue weighted by Gasteiger charge is 2.30. The fraction of sp³-hybridized carbons (Fsp3) is 0.409. The molecule has 0 radical (unpaired) electrons. The van der Waals surface area contributed by atoms with Crippen molar-refractivity contribution in [2.45, 2.75) is 36.0 Å². The summed E-state index contributed by atoms with van der Waals surface area (Å²) in [5.74, 6) is 0.437. The number of carbonyl (C=O) groups is 1. The molecule has 0 N–H and O–H groups in total. The van der Waals surface area contributed by atoms with Crippen LogP contribution in [0.25, 0.3) is 0 Å². The summed E-state index contributed by atoms with van der Waals surface area (Å²) in [4.78, 5) is 15.8. The van der Waals surface area contributed by atoms with E-state index in [-0.39, 0.29) is 5.91 Å². The minimum absolute atomic E-state index is 0.0612. The first-order valence-electron chi connectivity index (χ1n) is 10.0. The van der Waals surface area contributed by atoms with Gasteiger partial charge >= 0.3 is 0 Å². The molecular formula is C22H26N2O3S2. The molecule has 0 saturated carbocycles. The Balaban J connectivity index is 1.34. The molecule has 2 aliphatic rings. The summed E-state index contributed by atoms with van der Waals surface area (Å²) < 4.78 is 27.6. The minimum atomic E-state index is -3.50. The van der Waals surface area contributed by atoms with Gasteiger partial charge in [0.25, 0.3) is 0 Å². The van der Waals surface area contributed by atoms with Crippen LogP contribution in [0.3, 0.4) is 0 Å². The van der Waals surface area contributed by atoms with Crippen LogP contribution in [0.15, 0.2) is 52.3 Å². The molecule has 1 amide bonds. The highest BCUT2D eigenvalue weighted by atomic mass is 32.2. The van der Waals surface area contributed by atoms with Crippen molar-refractivity contribution in [1.82, 2.24) is 9.21 Å². The van der Waals surface area contributed by atoms with Gasteiger partial charge in [-0.3, -0.25) is 4.79 Å². The van der Waals surface area contributed by atoms with Crippen LogP contribution in [0, 0.1) is 6.92 Å². The van der Waals surface area contributed by atoms with Crippen LogP contribution in [0.1, 0.15) is 23.1 Å². The Morgan fingerprint density at radius 1 is 1.00 bits per heavy atom. The molecule has 2 aromatic carbocycles. The maximum atomic E-state index is 13.0. The lowest BCUT2D eigenvalue weighted by atomic mass is 10.1. The standard InChI is InChI=1S/C22H26N2O3S2/c1-17-4-2-7-20(14-17)28-16-22(25)23-10-12-24(13-11-23)29(26,27)21-9-8-18-5-3-6-19(18)15-21/h2,4,7-9,14-15H,3,5-6,10-13,16H2,1H3. The maximum absolute atomic E-state index is 13.0. The lowest BCUT2D eigenvalue weighted by Gasteiger charge is -2.34. The predicted molar refractivity (Wildman–Crippen MR) is 116 cm³/mol. The first kappa shape index (κ1) is 20.4. The van der Waals surface area contributed by atoms with E-state index >= 15 is 0 Å². The predicted octanol–water partition coefficient (Wildman–Crippen LogP) is 3.11. The van der Waals surface area contributed by atoms with E-state index in [4.69, 9.17) is 0 Å². The second kappa shape index (κ2) is 8.50. The number of fused-ring (bicyclic) bond motifs is 1. The number of benzene rings is 2. The molecule has 2 aromatic rings. The molecule has 7 heteroatoms. The van der Waals surface area contributed by atoms with Crippen molar-refractivity contribution in [1.29, 1.82) is 0 Å². The lowest BCUT2D eigenvalue weighted by Crippen LogP contribution is -2.50. The SMILES string of the molecule is Cc1cccc(SCC(=O)N2CCN(S(=O)(=O)c3ccc4c(c3)CCC4)CC2)c1. The Hall–Kier alpha value is -1.83. The van der Waals surface area contributed by atoms with E-state index in [1.165, 1.54) is 27.2 Å². The fourth-order valence-electron chi connectivity index (χ4n) is 3.98. The Bertz CT molecular complexity index is 1010. The molecule has 1 fully saturated rings. The van der Waals surface area contributed by atoms with Crippen LogP contribution in [-0.2, 0) is 27.7 Å². The van der Waals surface area contributed by atoms with Crippen molar-refractivity contribution < 1.29 is 13.2 Å². The molecule has 5 nitrogen and oxygen atoms in total. The number of amides is 1. The van der Waals surface area contributed by atoms with E-state index in [2.05, 4.69) is 6.07 Å². The van der Waals surface area contributed by atoms with Crippen LogP contribution in [0.2, 0.25) is 0 Å². The number of thioether (sulfide) groups is 1. The monoisotopic (exact) mass is 430 g/mol. The average molecular weight is 431 g/mol. The molecule has 1 saturated heterocycles. The summed E-state index contributed by atoms with van der Waals surface area (Å²) in [7, 11) is -3.50. The Kier molecular flexibility index (Phi) is 5.99. The van der Waals surface area contributed by atoms with Gasteiger partial charge in [-0.25, -0.2) is 8.42 Å². The zero-order valence-corrected chi connectivity index (χ0v) is 18.3. The van der Waals surface area contributed by atoms with Crippen molar-refractivity contribution in [2.75, 3.05) is 31.9 Å². The summed E-state index contributed by atoms with van der Waals surface area (Å²) in [6.07, 6.45) is 3.09. The van der Waals surface area contributed by atoms with Crippen LogP contribution in [-0.4, -0.2) is 55.5 Å². The van der Waals surface area contributed by atoms with Crippen molar-refractivity contribution in [3.63, 3.8) is 0 Å². The maximum Gasteiger partial charge on any atom is 0.243 e. The molecule has 0 unspecified atom stereocenters. The highest BCUT2D eigenvalue weighted by Crippen LogP contribution is 2.27. The summed E-state index contributed by atoms with van der Waals surface area (Å²) in [6.45, 7) is 3.61. The molecular weight excluding hydrogens is 404 g/mol. The Labute approximate surface area is 177 Å². The van der Waals surface area contributed by atoms with Crippen LogP contribution in [0.4, 0.5) is 0 Å². The van der Waals surface area contributed by atoms with E-state index < -0.39 is 10.0 Å². The first-order valence-corrected chi connectivity index (χ1v) is 12.5. The number of hydrogen-bond donors (Lipinski definition) is 0. The van der Waals surface area contributed by atoms with Gasteiger partial charge in [-0.05, 0) is 61.6 Å². The van der Waals surface area contributed by atoms with Gasteiger partial charge in [-0.15, -0.1) is 11.8 Å². The molecule has 4 rings (SSSR count). The largest absolute Gasteiger partial charge is 0.339 e. The van der Waals surface area contributed by atoms with E-state index in [1.807, 2.05) is 37.3 Å². The van der Waals surface area contributed by atoms with Gasteiger partial charge < -0.3 is 4.90 Å². The van der Waals surface area contributed by atoms with Crippen LogP contribution < -0.4 is 0 Å². The highest BCUT2D eigenvalue weighted by molar-refractivity contribution is 8.00. The molecule has 0 bridgehead atoms. The van der Waals surface area contributed by atoms with Crippen molar-refractivity contribution in [2.24, 2.45) is 0 Å². The van der Waals surface area contributed by atoms with Gasteiger partial charge in [0.05, 0.1) is 10.6 Å². The van der Waals surface area contributed by atoms with Crippen LogP contribution >= 0.6 is 11.8 Å².